The average Bonchev–Trinajstić information content (AvgIpc) is 1.93. The first-order chi connectivity index (χ1) is 5.18. The molecule has 0 atom stereocenters. The van der Waals surface area contributed by atoms with Gasteiger partial charge in [-0.15, -0.1) is 0 Å². The molecule has 0 saturated carbocycles. The summed E-state index contributed by atoms with van der Waals surface area (Å²) in [5.41, 5.74) is 7.45. The summed E-state index contributed by atoms with van der Waals surface area (Å²) in [6.07, 6.45) is 0. The maximum Gasteiger partial charge on any atom is 0.0343 e. The molecule has 3 heteroatoms. The Labute approximate surface area is 80.6 Å². The lowest BCUT2D eigenvalue weighted by atomic mass is 10.2. The zero-order chi connectivity index (χ0) is 8.27. The summed E-state index contributed by atoms with van der Waals surface area (Å²) < 4.78 is 0. The van der Waals surface area contributed by atoms with Crippen LogP contribution in [0.25, 0.3) is 0 Å². The van der Waals surface area contributed by atoms with Crippen molar-refractivity contribution < 1.29 is 0 Å². The Hall–Kier alpha value is -0.830. The van der Waals surface area contributed by atoms with E-state index in [-0.39, 0.29) is 13.5 Å². The van der Waals surface area contributed by atoms with Gasteiger partial charge in [0.2, 0.25) is 0 Å². The van der Waals surface area contributed by atoms with E-state index in [1.54, 1.807) is 0 Å². The Bertz CT molecular complexity index is 218. The van der Waals surface area contributed by atoms with Gasteiger partial charge in [0.05, 0.1) is 0 Å². The topological polar surface area (TPSA) is 38.0 Å². The number of nitrogens with one attached hydrogen (secondary N) is 1. The quantitative estimate of drug-likeness (QED) is 0.690. The average molecular weight is 182 g/mol. The third-order valence-corrected chi connectivity index (χ3v) is 1.37. The van der Waals surface area contributed by atoms with Crippen LogP contribution in [-0.2, 0) is 0 Å². The highest BCUT2D eigenvalue weighted by molar-refractivity contribution is 7.59. The van der Waals surface area contributed by atoms with E-state index in [2.05, 4.69) is 19.2 Å². The minimum Gasteiger partial charge on any atom is -0.399 e. The molecule has 12 heavy (non-hydrogen) atoms. The molecule has 0 saturated heterocycles. The fourth-order valence-electron chi connectivity index (χ4n) is 0.913. The molecule has 0 aliphatic heterocycles. The third-order valence-electron chi connectivity index (χ3n) is 1.37. The Morgan fingerprint density at radius 1 is 1.17 bits per heavy atom. The first kappa shape index (κ1) is 11.2. The third kappa shape index (κ3) is 3.53. The molecule has 0 aliphatic rings. The van der Waals surface area contributed by atoms with Crippen molar-refractivity contribution in [1.82, 2.24) is 0 Å². The molecule has 1 aromatic rings. The summed E-state index contributed by atoms with van der Waals surface area (Å²) in [4.78, 5) is 0. The Morgan fingerprint density at radius 3 is 2.08 bits per heavy atom. The van der Waals surface area contributed by atoms with Gasteiger partial charge in [0, 0.05) is 30.9 Å². The maximum atomic E-state index is 5.53. The molecular formula is C9H14N2S. The van der Waals surface area contributed by atoms with Crippen LogP contribution in [0.1, 0.15) is 13.8 Å². The second kappa shape index (κ2) is 4.93. The summed E-state index contributed by atoms with van der Waals surface area (Å²) in [6.45, 7) is 4.21. The van der Waals surface area contributed by atoms with Gasteiger partial charge in [-0.25, -0.2) is 0 Å². The smallest absolute Gasteiger partial charge is 0.0343 e. The highest BCUT2D eigenvalue weighted by atomic mass is 32.1. The van der Waals surface area contributed by atoms with Gasteiger partial charge in [-0.05, 0) is 38.1 Å². The Balaban J connectivity index is 0.00000121. The van der Waals surface area contributed by atoms with Crippen molar-refractivity contribution in [3.8, 4) is 0 Å². The van der Waals surface area contributed by atoms with Crippen LogP contribution in [0.2, 0.25) is 0 Å². The molecule has 0 aliphatic carbocycles. The van der Waals surface area contributed by atoms with Crippen LogP contribution < -0.4 is 11.1 Å². The fraction of sp³-hybridized carbons (Fsp3) is 0.333. The summed E-state index contributed by atoms with van der Waals surface area (Å²) >= 11 is 0. The van der Waals surface area contributed by atoms with Gasteiger partial charge in [0.25, 0.3) is 0 Å². The minimum absolute atomic E-state index is 0. The van der Waals surface area contributed by atoms with Crippen LogP contribution in [0.5, 0.6) is 0 Å². The molecule has 1 rings (SSSR count). The number of anilines is 2. The van der Waals surface area contributed by atoms with Crippen LogP contribution in [-0.4, -0.2) is 6.04 Å². The second-order valence-electron chi connectivity index (χ2n) is 2.92. The lowest BCUT2D eigenvalue weighted by Gasteiger charge is -2.09. The standard InChI is InChI=1S/C9H14N2.S/c1-7(2)11-9-5-3-8(10)4-6-9;/h3-7,11H,10H2,1-2H3;. The van der Waals surface area contributed by atoms with Crippen molar-refractivity contribution >= 4 is 24.9 Å². The van der Waals surface area contributed by atoms with E-state index in [4.69, 9.17) is 5.73 Å². The highest BCUT2D eigenvalue weighted by Crippen LogP contribution is 2.10. The molecule has 1 aromatic carbocycles. The number of nitrogens with two attached hydrogens (primary N) is 1. The van der Waals surface area contributed by atoms with E-state index in [0.717, 1.165) is 11.4 Å². The predicted molar refractivity (Wildman–Crippen MR) is 57.2 cm³/mol. The molecular weight excluding hydrogens is 168 g/mol. The second-order valence-corrected chi connectivity index (χ2v) is 2.92. The molecule has 0 unspecified atom stereocenters. The van der Waals surface area contributed by atoms with Crippen LogP contribution in [0, 0.1) is 0 Å². The van der Waals surface area contributed by atoms with Crippen molar-refractivity contribution in [2.45, 2.75) is 19.9 Å². The summed E-state index contributed by atoms with van der Waals surface area (Å²) in [5, 5.41) is 3.28. The number of nitrogen functional groups attached to an aromatic ring is 1. The Morgan fingerprint density at radius 2 is 1.67 bits per heavy atom. The zero-order valence-electron chi connectivity index (χ0n) is 7.37. The van der Waals surface area contributed by atoms with Crippen molar-refractivity contribution in [3.63, 3.8) is 0 Å². The van der Waals surface area contributed by atoms with E-state index in [9.17, 15) is 0 Å². The molecule has 66 valence electrons. The molecule has 2 nitrogen and oxygen atoms in total. The monoisotopic (exact) mass is 182 g/mol. The lowest BCUT2D eigenvalue weighted by molar-refractivity contribution is 0.900. The van der Waals surface area contributed by atoms with Crippen LogP contribution >= 0.6 is 13.5 Å². The van der Waals surface area contributed by atoms with Gasteiger partial charge in [-0.1, -0.05) is 0 Å². The molecule has 2 radical (unpaired) electrons. The number of benzene rings is 1. The van der Waals surface area contributed by atoms with Crippen LogP contribution in [0.4, 0.5) is 11.4 Å². The van der Waals surface area contributed by atoms with E-state index < -0.39 is 0 Å². The van der Waals surface area contributed by atoms with Crippen molar-refractivity contribution in [1.29, 1.82) is 0 Å². The van der Waals surface area contributed by atoms with Gasteiger partial charge in [-0.2, -0.15) is 0 Å². The van der Waals surface area contributed by atoms with E-state index in [1.165, 1.54) is 0 Å². The van der Waals surface area contributed by atoms with E-state index >= 15 is 0 Å². The Kier molecular flexibility index (Phi) is 4.59. The van der Waals surface area contributed by atoms with E-state index in [1.807, 2.05) is 24.3 Å². The molecule has 0 fully saturated rings. The molecule has 0 spiro atoms. The molecule has 0 aromatic heterocycles. The number of rotatable bonds is 2. The summed E-state index contributed by atoms with van der Waals surface area (Å²) in [6, 6.07) is 8.22. The van der Waals surface area contributed by atoms with Gasteiger partial charge in [-0.3, -0.25) is 0 Å². The highest BCUT2D eigenvalue weighted by Gasteiger charge is 1.92. The SMILES string of the molecule is CC(C)Nc1ccc(N)cc1.[S]. The van der Waals surface area contributed by atoms with Gasteiger partial charge in [0.15, 0.2) is 0 Å². The summed E-state index contributed by atoms with van der Waals surface area (Å²) in [5.74, 6) is 0. The summed E-state index contributed by atoms with van der Waals surface area (Å²) in [7, 11) is 0. The van der Waals surface area contributed by atoms with E-state index in [0.29, 0.717) is 6.04 Å². The normalized spacial score (nSPS) is 9.25. The van der Waals surface area contributed by atoms with Gasteiger partial charge < -0.3 is 11.1 Å². The van der Waals surface area contributed by atoms with Gasteiger partial charge in [0.1, 0.15) is 0 Å². The maximum absolute atomic E-state index is 5.53. The van der Waals surface area contributed by atoms with Crippen molar-refractivity contribution in [3.05, 3.63) is 24.3 Å². The van der Waals surface area contributed by atoms with Crippen molar-refractivity contribution in [2.75, 3.05) is 11.1 Å². The number of hydrogen-bond acceptors (Lipinski definition) is 2. The molecule has 0 heterocycles. The lowest BCUT2D eigenvalue weighted by Crippen LogP contribution is -2.09. The molecule has 0 amide bonds. The minimum atomic E-state index is 0. The first-order valence-corrected chi connectivity index (χ1v) is 3.80. The zero-order valence-corrected chi connectivity index (χ0v) is 8.19. The largest absolute Gasteiger partial charge is 0.399 e. The predicted octanol–water partition coefficient (Wildman–Crippen LogP) is 2.74. The number of hydrogen-bond donors (Lipinski definition) is 2. The first-order valence-electron chi connectivity index (χ1n) is 3.80. The fourth-order valence-corrected chi connectivity index (χ4v) is 0.913. The van der Waals surface area contributed by atoms with Crippen LogP contribution in [0.3, 0.4) is 0 Å². The molecule has 3 N–H and O–H groups in total. The molecule has 0 bridgehead atoms. The van der Waals surface area contributed by atoms with Crippen molar-refractivity contribution in [2.24, 2.45) is 0 Å². The van der Waals surface area contributed by atoms with Gasteiger partial charge >= 0.3 is 0 Å². The van der Waals surface area contributed by atoms with Crippen LogP contribution in [0.15, 0.2) is 24.3 Å².